The highest BCUT2D eigenvalue weighted by Gasteiger charge is 2.45. The SMILES string of the molecule is N#CC1=C(c2ccc(C(N)=O)cc2)CC2(CCc3cc(OCCCC(F)(F)F)ccc32)NC1=O. The number of carbonyl (C=O) groups excluding carboxylic acids is 2. The fourth-order valence-electron chi connectivity index (χ4n) is 4.64. The van der Waals surface area contributed by atoms with Gasteiger partial charge in [0.2, 0.25) is 5.91 Å². The van der Waals surface area contributed by atoms with Crippen LogP contribution in [0.2, 0.25) is 0 Å². The zero-order valence-electron chi connectivity index (χ0n) is 18.2. The van der Waals surface area contributed by atoms with E-state index >= 15 is 0 Å². The molecular formula is C25H22F3N3O3. The summed E-state index contributed by atoms with van der Waals surface area (Å²) in [5, 5.41) is 12.6. The number of rotatable bonds is 6. The van der Waals surface area contributed by atoms with Crippen LogP contribution in [0.4, 0.5) is 13.2 Å². The standard InChI is InChI=1S/C25H22F3N3O3/c26-25(27,28)9-1-11-34-18-6-7-21-17(12-18)8-10-24(21)13-19(20(14-29)23(33)31-24)15-2-4-16(5-3-15)22(30)32/h2-7,12H,1,8-11,13H2,(H2,30,32)(H,31,33). The third-order valence-corrected chi connectivity index (χ3v) is 6.28. The molecule has 34 heavy (non-hydrogen) atoms. The summed E-state index contributed by atoms with van der Waals surface area (Å²) in [7, 11) is 0. The first-order valence-corrected chi connectivity index (χ1v) is 10.8. The first-order chi connectivity index (χ1) is 16.1. The summed E-state index contributed by atoms with van der Waals surface area (Å²) in [5.74, 6) is -0.557. The molecule has 0 saturated carbocycles. The van der Waals surface area contributed by atoms with E-state index in [-0.39, 0.29) is 18.6 Å². The van der Waals surface area contributed by atoms with E-state index < -0.39 is 30.0 Å². The fraction of sp³-hybridized carbons (Fsp3) is 0.320. The molecule has 6 nitrogen and oxygen atoms in total. The second kappa shape index (κ2) is 8.86. The summed E-state index contributed by atoms with van der Waals surface area (Å²) < 4.78 is 42.5. The molecule has 1 aliphatic carbocycles. The summed E-state index contributed by atoms with van der Waals surface area (Å²) in [6.07, 6.45) is -3.60. The van der Waals surface area contributed by atoms with Crippen molar-refractivity contribution >= 4 is 17.4 Å². The maximum absolute atomic E-state index is 12.9. The topological polar surface area (TPSA) is 105 Å². The van der Waals surface area contributed by atoms with Gasteiger partial charge in [0.1, 0.15) is 17.4 Å². The van der Waals surface area contributed by atoms with Gasteiger partial charge >= 0.3 is 6.18 Å². The first kappa shape index (κ1) is 23.4. The van der Waals surface area contributed by atoms with Crippen LogP contribution in [-0.4, -0.2) is 24.6 Å². The Morgan fingerprint density at radius 1 is 1.21 bits per heavy atom. The van der Waals surface area contributed by atoms with Gasteiger partial charge in [-0.1, -0.05) is 18.2 Å². The van der Waals surface area contributed by atoms with Crippen LogP contribution in [0.15, 0.2) is 48.0 Å². The molecule has 176 valence electrons. The highest BCUT2D eigenvalue weighted by Crippen LogP contribution is 2.47. The Kier molecular flexibility index (Phi) is 6.09. The smallest absolute Gasteiger partial charge is 0.389 e. The van der Waals surface area contributed by atoms with Crippen LogP contribution >= 0.6 is 0 Å². The zero-order chi connectivity index (χ0) is 24.5. The largest absolute Gasteiger partial charge is 0.494 e. The van der Waals surface area contributed by atoms with E-state index in [4.69, 9.17) is 10.5 Å². The molecule has 9 heteroatoms. The maximum atomic E-state index is 12.9. The third kappa shape index (κ3) is 4.62. The van der Waals surface area contributed by atoms with Crippen molar-refractivity contribution < 1.29 is 27.5 Å². The van der Waals surface area contributed by atoms with Crippen LogP contribution in [-0.2, 0) is 16.8 Å². The number of nitrogens with two attached hydrogens (primary N) is 1. The molecule has 4 rings (SSSR count). The molecule has 2 aliphatic rings. The van der Waals surface area contributed by atoms with Crippen LogP contribution in [0.1, 0.15) is 52.7 Å². The summed E-state index contributed by atoms with van der Waals surface area (Å²) in [6.45, 7) is -0.0418. The van der Waals surface area contributed by atoms with E-state index in [2.05, 4.69) is 5.32 Å². The van der Waals surface area contributed by atoms with Crippen LogP contribution < -0.4 is 15.8 Å². The van der Waals surface area contributed by atoms with Crippen molar-refractivity contribution in [1.82, 2.24) is 5.32 Å². The predicted molar refractivity (Wildman–Crippen MR) is 117 cm³/mol. The Labute approximate surface area is 194 Å². The second-order valence-electron chi connectivity index (χ2n) is 8.51. The van der Waals surface area contributed by atoms with E-state index in [1.807, 2.05) is 12.1 Å². The Bertz CT molecular complexity index is 1210. The van der Waals surface area contributed by atoms with Crippen molar-refractivity contribution in [3.63, 3.8) is 0 Å². The van der Waals surface area contributed by atoms with Crippen LogP contribution in [0.5, 0.6) is 5.75 Å². The number of aryl methyl sites for hydroxylation is 1. The number of fused-ring (bicyclic) bond motifs is 2. The van der Waals surface area contributed by atoms with E-state index in [0.717, 1.165) is 11.1 Å². The number of amides is 2. The van der Waals surface area contributed by atoms with Crippen molar-refractivity contribution in [2.75, 3.05) is 6.61 Å². The molecule has 2 aromatic carbocycles. The summed E-state index contributed by atoms with van der Waals surface area (Å²) in [5.41, 5.74) is 8.03. The van der Waals surface area contributed by atoms with Gasteiger partial charge in [-0.05, 0) is 65.8 Å². The van der Waals surface area contributed by atoms with Gasteiger partial charge < -0.3 is 15.8 Å². The van der Waals surface area contributed by atoms with Gasteiger partial charge in [-0.2, -0.15) is 18.4 Å². The lowest BCUT2D eigenvalue weighted by Gasteiger charge is -2.37. The van der Waals surface area contributed by atoms with Gasteiger partial charge in [-0.3, -0.25) is 9.59 Å². The van der Waals surface area contributed by atoms with Gasteiger partial charge in [0, 0.05) is 18.4 Å². The molecule has 2 aromatic rings. The number of halogens is 3. The number of alkyl halides is 3. The van der Waals surface area contributed by atoms with E-state index in [9.17, 15) is 28.0 Å². The number of hydrogen-bond acceptors (Lipinski definition) is 4. The number of benzene rings is 2. The van der Waals surface area contributed by atoms with Gasteiger partial charge in [-0.25, -0.2) is 0 Å². The van der Waals surface area contributed by atoms with E-state index in [0.29, 0.717) is 41.7 Å². The lowest BCUT2D eigenvalue weighted by Crippen LogP contribution is -2.48. The van der Waals surface area contributed by atoms with Gasteiger partial charge in [0.25, 0.3) is 5.91 Å². The average molecular weight is 469 g/mol. The highest BCUT2D eigenvalue weighted by atomic mass is 19.4. The molecule has 1 unspecified atom stereocenters. The molecule has 3 N–H and O–H groups in total. The molecule has 2 amide bonds. The molecule has 1 aliphatic heterocycles. The summed E-state index contributed by atoms with van der Waals surface area (Å²) in [6, 6.07) is 13.8. The first-order valence-electron chi connectivity index (χ1n) is 10.8. The number of primary amides is 1. The molecule has 0 aromatic heterocycles. The number of nitriles is 1. The fourth-order valence-corrected chi connectivity index (χ4v) is 4.64. The summed E-state index contributed by atoms with van der Waals surface area (Å²) in [4.78, 5) is 24.3. The minimum absolute atomic E-state index is 0.0236. The highest BCUT2D eigenvalue weighted by molar-refractivity contribution is 6.07. The molecular weight excluding hydrogens is 447 g/mol. The molecule has 1 heterocycles. The van der Waals surface area contributed by atoms with E-state index in [1.54, 1.807) is 36.4 Å². The lowest BCUT2D eigenvalue weighted by atomic mass is 9.78. The van der Waals surface area contributed by atoms with Gasteiger partial charge in [0.15, 0.2) is 0 Å². The van der Waals surface area contributed by atoms with Crippen LogP contribution in [0.3, 0.4) is 0 Å². The summed E-state index contributed by atoms with van der Waals surface area (Å²) >= 11 is 0. The Balaban J connectivity index is 1.58. The lowest BCUT2D eigenvalue weighted by molar-refractivity contribution is -0.136. The monoisotopic (exact) mass is 469 g/mol. The minimum atomic E-state index is -4.21. The number of hydrogen-bond donors (Lipinski definition) is 2. The molecule has 1 spiro atoms. The Morgan fingerprint density at radius 3 is 2.59 bits per heavy atom. The molecule has 0 radical (unpaired) electrons. The maximum Gasteiger partial charge on any atom is 0.389 e. The normalized spacial score (nSPS) is 19.5. The van der Waals surface area contributed by atoms with Crippen LogP contribution in [0.25, 0.3) is 5.57 Å². The van der Waals surface area contributed by atoms with E-state index in [1.165, 1.54) is 0 Å². The van der Waals surface area contributed by atoms with Gasteiger partial charge in [-0.15, -0.1) is 0 Å². The van der Waals surface area contributed by atoms with Crippen molar-refractivity contribution in [3.05, 3.63) is 70.3 Å². The van der Waals surface area contributed by atoms with Crippen molar-refractivity contribution in [2.24, 2.45) is 5.73 Å². The molecule has 0 fully saturated rings. The zero-order valence-corrected chi connectivity index (χ0v) is 18.2. The quantitative estimate of drug-likeness (QED) is 0.620. The van der Waals surface area contributed by atoms with Crippen molar-refractivity contribution in [1.29, 1.82) is 5.26 Å². The van der Waals surface area contributed by atoms with Crippen molar-refractivity contribution in [2.45, 2.75) is 43.8 Å². The second-order valence-corrected chi connectivity index (χ2v) is 8.51. The Hall–Kier alpha value is -3.80. The van der Waals surface area contributed by atoms with Gasteiger partial charge in [0.05, 0.1) is 12.1 Å². The molecule has 0 saturated heterocycles. The van der Waals surface area contributed by atoms with Crippen molar-refractivity contribution in [3.8, 4) is 11.8 Å². The van der Waals surface area contributed by atoms with Crippen LogP contribution in [0, 0.1) is 11.3 Å². The predicted octanol–water partition coefficient (Wildman–Crippen LogP) is 4.15. The Morgan fingerprint density at radius 2 is 1.94 bits per heavy atom. The number of nitrogens with zero attached hydrogens (tertiary/aromatic N) is 1. The number of carbonyl (C=O) groups is 2. The minimum Gasteiger partial charge on any atom is -0.494 e. The number of ether oxygens (including phenoxy) is 1. The molecule has 0 bridgehead atoms. The number of nitrogens with one attached hydrogen (secondary N) is 1. The average Bonchev–Trinajstić information content (AvgIpc) is 3.12. The third-order valence-electron chi connectivity index (χ3n) is 6.28. The molecule has 1 atom stereocenters.